The Balaban J connectivity index is 1.88. The summed E-state index contributed by atoms with van der Waals surface area (Å²) < 4.78 is 5.14. The lowest BCUT2D eigenvalue weighted by molar-refractivity contribution is -0.384. The summed E-state index contributed by atoms with van der Waals surface area (Å²) in [6, 6.07) is 10.9. The third-order valence-corrected chi connectivity index (χ3v) is 4.01. The van der Waals surface area contributed by atoms with Gasteiger partial charge in [-0.3, -0.25) is 14.9 Å². The molecule has 0 heterocycles. The lowest BCUT2D eigenvalue weighted by atomic mass is 10.2. The molecule has 0 unspecified atom stereocenters. The van der Waals surface area contributed by atoms with E-state index in [4.69, 9.17) is 4.74 Å². The highest BCUT2D eigenvalue weighted by molar-refractivity contribution is 5.95. The first-order valence-corrected chi connectivity index (χ1v) is 8.96. The zero-order valence-corrected chi connectivity index (χ0v) is 15.9. The van der Waals surface area contributed by atoms with E-state index in [-0.39, 0.29) is 24.1 Å². The van der Waals surface area contributed by atoms with E-state index < -0.39 is 4.92 Å². The Morgan fingerprint density at radius 1 is 1.14 bits per heavy atom. The van der Waals surface area contributed by atoms with Gasteiger partial charge in [0, 0.05) is 17.8 Å². The number of nitro groups is 1. The molecule has 1 amide bonds. The average molecular weight is 385 g/mol. The Morgan fingerprint density at radius 2 is 1.86 bits per heavy atom. The van der Waals surface area contributed by atoms with Crippen LogP contribution < -0.4 is 10.6 Å². The number of aryl methyl sites for hydroxylation is 1. The van der Waals surface area contributed by atoms with Gasteiger partial charge in [-0.2, -0.15) is 0 Å². The van der Waals surface area contributed by atoms with E-state index in [1.165, 1.54) is 12.1 Å². The predicted molar refractivity (Wildman–Crippen MR) is 107 cm³/mol. The molecule has 0 saturated carbocycles. The molecule has 0 aromatic heterocycles. The third-order valence-electron chi connectivity index (χ3n) is 4.01. The van der Waals surface area contributed by atoms with Crippen molar-refractivity contribution >= 4 is 28.9 Å². The minimum absolute atomic E-state index is 0.0254. The van der Waals surface area contributed by atoms with Gasteiger partial charge in [0.15, 0.2) is 0 Å². The largest absolute Gasteiger partial charge is 0.462 e. The SMILES string of the molecule is CCCCOC(=O)c1ccc(NCC(=O)Nc2cc([N+](=O)[O-])ccc2C)cc1. The molecule has 0 fully saturated rings. The maximum Gasteiger partial charge on any atom is 0.338 e. The fourth-order valence-corrected chi connectivity index (χ4v) is 2.35. The molecular weight excluding hydrogens is 362 g/mol. The summed E-state index contributed by atoms with van der Waals surface area (Å²) in [4.78, 5) is 34.3. The van der Waals surface area contributed by atoms with Crippen molar-refractivity contribution in [1.29, 1.82) is 0 Å². The van der Waals surface area contributed by atoms with Crippen LogP contribution in [-0.2, 0) is 9.53 Å². The Morgan fingerprint density at radius 3 is 2.50 bits per heavy atom. The summed E-state index contributed by atoms with van der Waals surface area (Å²) in [7, 11) is 0. The quantitative estimate of drug-likeness (QED) is 0.293. The van der Waals surface area contributed by atoms with E-state index in [0.29, 0.717) is 23.5 Å². The number of esters is 1. The zero-order valence-electron chi connectivity index (χ0n) is 15.9. The summed E-state index contributed by atoms with van der Waals surface area (Å²) in [6.07, 6.45) is 1.78. The van der Waals surface area contributed by atoms with Gasteiger partial charge in [0.05, 0.1) is 29.3 Å². The molecule has 2 aromatic carbocycles. The van der Waals surface area contributed by atoms with Gasteiger partial charge in [0.25, 0.3) is 5.69 Å². The maximum atomic E-state index is 12.1. The number of amides is 1. The van der Waals surface area contributed by atoms with Crippen LogP contribution in [0.25, 0.3) is 0 Å². The number of ether oxygens (including phenoxy) is 1. The van der Waals surface area contributed by atoms with Gasteiger partial charge < -0.3 is 15.4 Å². The van der Waals surface area contributed by atoms with E-state index in [1.54, 1.807) is 37.3 Å². The fourth-order valence-electron chi connectivity index (χ4n) is 2.35. The maximum absolute atomic E-state index is 12.1. The summed E-state index contributed by atoms with van der Waals surface area (Å²) in [5.41, 5.74) is 2.14. The Labute approximate surface area is 163 Å². The molecule has 148 valence electrons. The van der Waals surface area contributed by atoms with E-state index in [2.05, 4.69) is 10.6 Å². The third kappa shape index (κ3) is 6.08. The van der Waals surface area contributed by atoms with E-state index in [1.807, 2.05) is 6.92 Å². The molecule has 0 spiro atoms. The predicted octanol–water partition coefficient (Wildman–Crippen LogP) is 3.91. The number of nitrogens with one attached hydrogen (secondary N) is 2. The number of unbranched alkanes of at least 4 members (excludes halogenated alkanes) is 1. The number of non-ortho nitro benzene ring substituents is 1. The van der Waals surface area contributed by atoms with Crippen molar-refractivity contribution in [2.24, 2.45) is 0 Å². The highest BCUT2D eigenvalue weighted by Gasteiger charge is 2.11. The zero-order chi connectivity index (χ0) is 20.5. The van der Waals surface area contributed by atoms with Crippen LogP contribution in [0.5, 0.6) is 0 Å². The number of benzene rings is 2. The van der Waals surface area contributed by atoms with Gasteiger partial charge in [-0.15, -0.1) is 0 Å². The minimum Gasteiger partial charge on any atom is -0.462 e. The lowest BCUT2D eigenvalue weighted by Gasteiger charge is -2.10. The summed E-state index contributed by atoms with van der Waals surface area (Å²) in [6.45, 7) is 4.14. The molecule has 28 heavy (non-hydrogen) atoms. The molecule has 8 nitrogen and oxygen atoms in total. The molecule has 2 N–H and O–H groups in total. The van der Waals surface area contributed by atoms with Crippen LogP contribution in [0.3, 0.4) is 0 Å². The standard InChI is InChI=1S/C20H23N3O5/c1-3-4-11-28-20(25)15-6-8-16(9-7-15)21-13-19(24)22-18-12-17(23(26)27)10-5-14(18)2/h5-10,12,21H,3-4,11,13H2,1-2H3,(H,22,24). The number of nitrogens with zero attached hydrogens (tertiary/aromatic N) is 1. The summed E-state index contributed by atoms with van der Waals surface area (Å²) >= 11 is 0. The van der Waals surface area contributed by atoms with Crippen LogP contribution in [0.4, 0.5) is 17.1 Å². The number of anilines is 2. The van der Waals surface area contributed by atoms with Gasteiger partial charge in [0.2, 0.25) is 5.91 Å². The molecule has 0 bridgehead atoms. The molecular formula is C20H23N3O5. The van der Waals surface area contributed by atoms with Crippen LogP contribution in [0, 0.1) is 17.0 Å². The molecule has 0 aliphatic carbocycles. The number of hydrogen-bond donors (Lipinski definition) is 2. The van der Waals surface area contributed by atoms with Crippen molar-refractivity contribution < 1.29 is 19.2 Å². The fraction of sp³-hybridized carbons (Fsp3) is 0.300. The summed E-state index contributed by atoms with van der Waals surface area (Å²) in [5.74, 6) is -0.717. The molecule has 8 heteroatoms. The van der Waals surface area contributed by atoms with E-state index in [0.717, 1.165) is 18.4 Å². The second kappa shape index (κ2) is 10.1. The monoisotopic (exact) mass is 385 g/mol. The van der Waals surface area contributed by atoms with Crippen LogP contribution in [-0.4, -0.2) is 30.0 Å². The highest BCUT2D eigenvalue weighted by atomic mass is 16.6. The second-order valence-electron chi connectivity index (χ2n) is 6.22. The van der Waals surface area contributed by atoms with Crippen molar-refractivity contribution in [3.05, 3.63) is 63.7 Å². The normalized spacial score (nSPS) is 10.2. The number of nitro benzene ring substituents is 1. The minimum atomic E-state index is -0.512. The van der Waals surface area contributed by atoms with Crippen LogP contribution >= 0.6 is 0 Å². The number of carbonyl (C=O) groups excluding carboxylic acids is 2. The van der Waals surface area contributed by atoms with Gasteiger partial charge in [0.1, 0.15) is 0 Å². The van der Waals surface area contributed by atoms with Gasteiger partial charge in [-0.25, -0.2) is 4.79 Å². The molecule has 0 radical (unpaired) electrons. The first-order valence-electron chi connectivity index (χ1n) is 8.96. The van der Waals surface area contributed by atoms with E-state index in [9.17, 15) is 19.7 Å². The first-order chi connectivity index (χ1) is 13.4. The second-order valence-corrected chi connectivity index (χ2v) is 6.22. The van der Waals surface area contributed by atoms with Crippen molar-refractivity contribution in [3.8, 4) is 0 Å². The van der Waals surface area contributed by atoms with Crippen molar-refractivity contribution in [1.82, 2.24) is 0 Å². The van der Waals surface area contributed by atoms with Gasteiger partial charge >= 0.3 is 5.97 Å². The Bertz CT molecular complexity index is 849. The van der Waals surface area contributed by atoms with Crippen molar-refractivity contribution in [3.63, 3.8) is 0 Å². The number of rotatable bonds is 9. The molecule has 2 rings (SSSR count). The van der Waals surface area contributed by atoms with Gasteiger partial charge in [-0.05, 0) is 43.2 Å². The Hall–Kier alpha value is -3.42. The number of hydrogen-bond acceptors (Lipinski definition) is 6. The van der Waals surface area contributed by atoms with Crippen LogP contribution in [0.2, 0.25) is 0 Å². The molecule has 0 saturated heterocycles. The summed E-state index contributed by atoms with van der Waals surface area (Å²) in [5, 5.41) is 16.5. The highest BCUT2D eigenvalue weighted by Crippen LogP contribution is 2.21. The van der Waals surface area contributed by atoms with Crippen LogP contribution in [0.1, 0.15) is 35.7 Å². The molecule has 0 atom stereocenters. The molecule has 0 aliphatic rings. The molecule has 2 aromatic rings. The Kier molecular flexibility index (Phi) is 7.50. The van der Waals surface area contributed by atoms with Crippen molar-refractivity contribution in [2.75, 3.05) is 23.8 Å². The number of carbonyl (C=O) groups is 2. The van der Waals surface area contributed by atoms with Crippen LogP contribution in [0.15, 0.2) is 42.5 Å². The topological polar surface area (TPSA) is 111 Å². The first kappa shape index (κ1) is 20.9. The molecule has 0 aliphatic heterocycles. The smallest absolute Gasteiger partial charge is 0.338 e. The van der Waals surface area contributed by atoms with E-state index >= 15 is 0 Å². The average Bonchev–Trinajstić information content (AvgIpc) is 2.68. The lowest BCUT2D eigenvalue weighted by Crippen LogP contribution is -2.22. The van der Waals surface area contributed by atoms with Gasteiger partial charge in [-0.1, -0.05) is 19.4 Å². The van der Waals surface area contributed by atoms with Crippen molar-refractivity contribution in [2.45, 2.75) is 26.7 Å².